The average molecular weight is 223 g/mol. The Morgan fingerprint density at radius 1 is 1.50 bits per heavy atom. The van der Waals surface area contributed by atoms with Crippen molar-refractivity contribution in [1.82, 2.24) is 15.1 Å². The molecule has 0 unspecified atom stereocenters. The Hall–Kier alpha value is -1.39. The van der Waals surface area contributed by atoms with Crippen molar-refractivity contribution in [2.24, 2.45) is 0 Å². The van der Waals surface area contributed by atoms with Crippen molar-refractivity contribution in [2.75, 3.05) is 13.1 Å². The van der Waals surface area contributed by atoms with Gasteiger partial charge in [-0.2, -0.15) is 0 Å². The summed E-state index contributed by atoms with van der Waals surface area (Å²) in [5.41, 5.74) is -0.189. The summed E-state index contributed by atoms with van der Waals surface area (Å²) in [6.45, 7) is 6.97. The van der Waals surface area contributed by atoms with Gasteiger partial charge in [0.25, 0.3) is 0 Å². The molecular formula is C11H17N3O2. The van der Waals surface area contributed by atoms with Gasteiger partial charge in [0.15, 0.2) is 0 Å². The van der Waals surface area contributed by atoms with E-state index in [1.54, 1.807) is 13.8 Å². The molecule has 1 aromatic rings. The van der Waals surface area contributed by atoms with Crippen molar-refractivity contribution in [3.05, 3.63) is 11.8 Å². The molecule has 0 radical (unpaired) electrons. The highest BCUT2D eigenvalue weighted by atomic mass is 16.4. The Morgan fingerprint density at radius 2 is 2.25 bits per heavy atom. The summed E-state index contributed by atoms with van der Waals surface area (Å²) in [6, 6.07) is 0. The van der Waals surface area contributed by atoms with Crippen LogP contribution in [0.4, 0.5) is 0 Å². The van der Waals surface area contributed by atoms with Crippen LogP contribution in [0.2, 0.25) is 0 Å². The lowest BCUT2D eigenvalue weighted by Gasteiger charge is -2.37. The van der Waals surface area contributed by atoms with Crippen molar-refractivity contribution in [2.45, 2.75) is 39.0 Å². The highest BCUT2D eigenvalue weighted by Gasteiger charge is 2.38. The molecule has 5 heteroatoms. The van der Waals surface area contributed by atoms with Crippen molar-refractivity contribution in [1.29, 1.82) is 0 Å². The second kappa shape index (κ2) is 3.88. The van der Waals surface area contributed by atoms with Gasteiger partial charge in [0.2, 0.25) is 17.7 Å². The maximum Gasteiger partial charge on any atom is 0.224 e. The molecule has 5 nitrogen and oxygen atoms in total. The van der Waals surface area contributed by atoms with Crippen LogP contribution in [0, 0.1) is 6.92 Å². The molecule has 1 amide bonds. The van der Waals surface area contributed by atoms with E-state index in [1.165, 1.54) is 0 Å². The van der Waals surface area contributed by atoms with Crippen LogP contribution in [0.1, 0.15) is 38.5 Å². The fourth-order valence-corrected chi connectivity index (χ4v) is 2.22. The fraction of sp³-hybridized carbons (Fsp3) is 0.727. The highest BCUT2D eigenvalue weighted by Crippen LogP contribution is 2.32. The third-order valence-electron chi connectivity index (χ3n) is 3.18. The van der Waals surface area contributed by atoms with E-state index in [2.05, 4.69) is 17.1 Å². The van der Waals surface area contributed by atoms with Gasteiger partial charge in [0.1, 0.15) is 0 Å². The lowest BCUT2D eigenvalue weighted by atomic mass is 9.82. The molecule has 0 aliphatic carbocycles. The quantitative estimate of drug-likeness (QED) is 0.719. The van der Waals surface area contributed by atoms with Crippen LogP contribution in [0.15, 0.2) is 4.42 Å². The molecule has 1 aliphatic rings. The van der Waals surface area contributed by atoms with Gasteiger partial charge in [-0.3, -0.25) is 4.79 Å². The Labute approximate surface area is 94.8 Å². The van der Waals surface area contributed by atoms with Crippen LogP contribution in [0.25, 0.3) is 0 Å². The standard InChI is InChI=1S/C11H17N3O2/c1-8-12-13-10(16-8)11(3)5-4-6-14(7-11)9(2)15/h4-7H2,1-3H3/t11-/m0/s1. The largest absolute Gasteiger partial charge is 0.425 e. The van der Waals surface area contributed by atoms with Gasteiger partial charge < -0.3 is 9.32 Å². The van der Waals surface area contributed by atoms with Gasteiger partial charge >= 0.3 is 0 Å². The van der Waals surface area contributed by atoms with Crippen molar-refractivity contribution >= 4 is 5.91 Å². The zero-order valence-corrected chi connectivity index (χ0v) is 9.99. The van der Waals surface area contributed by atoms with E-state index in [0.717, 1.165) is 19.4 Å². The number of carbonyl (C=O) groups excluding carboxylic acids is 1. The van der Waals surface area contributed by atoms with Gasteiger partial charge in [-0.05, 0) is 19.8 Å². The molecule has 1 saturated heterocycles. The highest BCUT2D eigenvalue weighted by molar-refractivity contribution is 5.73. The van der Waals surface area contributed by atoms with Crippen LogP contribution >= 0.6 is 0 Å². The first-order chi connectivity index (χ1) is 7.51. The minimum Gasteiger partial charge on any atom is -0.425 e. The summed E-state index contributed by atoms with van der Waals surface area (Å²) < 4.78 is 5.49. The summed E-state index contributed by atoms with van der Waals surface area (Å²) in [6.07, 6.45) is 1.97. The zero-order valence-electron chi connectivity index (χ0n) is 9.99. The number of carbonyl (C=O) groups is 1. The summed E-state index contributed by atoms with van der Waals surface area (Å²) in [5.74, 6) is 1.34. The Balaban J connectivity index is 2.21. The number of rotatable bonds is 1. The average Bonchev–Trinajstić information content (AvgIpc) is 2.65. The first kappa shape index (κ1) is 11.1. The molecule has 0 N–H and O–H groups in total. The van der Waals surface area contributed by atoms with Gasteiger partial charge in [0.05, 0.1) is 5.41 Å². The number of aryl methyl sites for hydroxylation is 1. The Bertz CT molecular complexity index is 402. The number of aromatic nitrogens is 2. The lowest BCUT2D eigenvalue weighted by molar-refractivity contribution is -0.131. The summed E-state index contributed by atoms with van der Waals surface area (Å²) in [7, 11) is 0. The predicted octanol–water partition coefficient (Wildman–Crippen LogP) is 1.28. The maximum absolute atomic E-state index is 11.4. The molecule has 2 rings (SSSR count). The molecule has 88 valence electrons. The molecule has 1 aromatic heterocycles. The number of amides is 1. The monoisotopic (exact) mass is 223 g/mol. The minimum absolute atomic E-state index is 0.113. The van der Waals surface area contributed by atoms with Gasteiger partial charge in [-0.15, -0.1) is 10.2 Å². The normalized spacial score (nSPS) is 25.8. The number of hydrogen-bond acceptors (Lipinski definition) is 4. The van der Waals surface area contributed by atoms with Gasteiger partial charge in [-0.1, -0.05) is 0 Å². The molecular weight excluding hydrogens is 206 g/mol. The minimum atomic E-state index is -0.189. The summed E-state index contributed by atoms with van der Waals surface area (Å²) >= 11 is 0. The molecule has 16 heavy (non-hydrogen) atoms. The van der Waals surface area contributed by atoms with E-state index < -0.39 is 0 Å². The van der Waals surface area contributed by atoms with Crippen LogP contribution in [-0.4, -0.2) is 34.1 Å². The molecule has 2 heterocycles. The van der Waals surface area contributed by atoms with E-state index in [4.69, 9.17) is 4.42 Å². The van der Waals surface area contributed by atoms with Gasteiger partial charge in [0, 0.05) is 26.9 Å². The van der Waals surface area contributed by atoms with E-state index in [-0.39, 0.29) is 11.3 Å². The third kappa shape index (κ3) is 1.94. The molecule has 0 aromatic carbocycles. The second-order valence-electron chi connectivity index (χ2n) is 4.73. The van der Waals surface area contributed by atoms with E-state index in [9.17, 15) is 4.79 Å². The van der Waals surface area contributed by atoms with Crippen molar-refractivity contribution in [3.8, 4) is 0 Å². The molecule has 0 spiro atoms. The molecule has 1 aliphatic heterocycles. The van der Waals surface area contributed by atoms with E-state index in [0.29, 0.717) is 18.3 Å². The number of likely N-dealkylation sites (tertiary alicyclic amines) is 1. The first-order valence-electron chi connectivity index (χ1n) is 5.57. The van der Waals surface area contributed by atoms with Crippen LogP contribution in [0.5, 0.6) is 0 Å². The first-order valence-corrected chi connectivity index (χ1v) is 5.57. The predicted molar refractivity (Wildman–Crippen MR) is 57.9 cm³/mol. The lowest BCUT2D eigenvalue weighted by Crippen LogP contribution is -2.46. The van der Waals surface area contributed by atoms with Crippen LogP contribution in [-0.2, 0) is 10.2 Å². The van der Waals surface area contributed by atoms with E-state index >= 15 is 0 Å². The second-order valence-corrected chi connectivity index (χ2v) is 4.73. The smallest absolute Gasteiger partial charge is 0.224 e. The SMILES string of the molecule is CC(=O)N1CCC[C@](C)(c2nnc(C)o2)C1. The van der Waals surface area contributed by atoms with Gasteiger partial charge in [-0.25, -0.2) is 0 Å². The van der Waals surface area contributed by atoms with E-state index in [1.807, 2.05) is 4.90 Å². The molecule has 0 saturated carbocycles. The fourth-order valence-electron chi connectivity index (χ4n) is 2.22. The van der Waals surface area contributed by atoms with Crippen molar-refractivity contribution in [3.63, 3.8) is 0 Å². The summed E-state index contributed by atoms with van der Waals surface area (Å²) in [5, 5.41) is 7.94. The zero-order chi connectivity index (χ0) is 11.8. The molecule has 0 bridgehead atoms. The number of nitrogens with zero attached hydrogens (tertiary/aromatic N) is 3. The topological polar surface area (TPSA) is 59.2 Å². The molecule has 1 fully saturated rings. The molecule has 1 atom stereocenters. The van der Waals surface area contributed by atoms with Crippen molar-refractivity contribution < 1.29 is 9.21 Å². The number of piperidine rings is 1. The maximum atomic E-state index is 11.4. The Kier molecular flexibility index (Phi) is 2.69. The third-order valence-corrected chi connectivity index (χ3v) is 3.18. The van der Waals surface area contributed by atoms with Crippen LogP contribution in [0.3, 0.4) is 0 Å². The Morgan fingerprint density at radius 3 is 2.81 bits per heavy atom. The number of hydrogen-bond donors (Lipinski definition) is 0. The van der Waals surface area contributed by atoms with Crippen LogP contribution < -0.4 is 0 Å². The summed E-state index contributed by atoms with van der Waals surface area (Å²) in [4.78, 5) is 13.2.